The minimum absolute atomic E-state index is 0.0631. The molecule has 0 saturated heterocycles. The van der Waals surface area contributed by atoms with Crippen LogP contribution in [0.2, 0.25) is 0 Å². The number of amides is 2. The number of benzene rings is 2. The first-order valence-corrected chi connectivity index (χ1v) is 10.0. The van der Waals surface area contributed by atoms with Crippen molar-refractivity contribution in [3.63, 3.8) is 0 Å². The average molecular weight is 404 g/mol. The fourth-order valence-corrected chi connectivity index (χ4v) is 3.34. The Hall–Kier alpha value is -3.48. The summed E-state index contributed by atoms with van der Waals surface area (Å²) in [4.78, 5) is 43.3. The first kappa shape index (κ1) is 19.8. The van der Waals surface area contributed by atoms with Crippen LogP contribution in [-0.4, -0.2) is 39.4 Å². The van der Waals surface area contributed by atoms with Crippen LogP contribution in [0, 0.1) is 6.92 Å². The Kier molecular flexibility index (Phi) is 5.35. The average Bonchev–Trinajstić information content (AvgIpc) is 3.55. The number of nitrogens with zero attached hydrogens (tertiary/aromatic N) is 3. The van der Waals surface area contributed by atoms with Gasteiger partial charge < -0.3 is 10.2 Å². The number of carbonyl (C=O) groups is 2. The van der Waals surface area contributed by atoms with E-state index in [4.69, 9.17) is 0 Å². The molecule has 2 aromatic carbocycles. The van der Waals surface area contributed by atoms with Crippen molar-refractivity contribution in [3.8, 4) is 0 Å². The van der Waals surface area contributed by atoms with Gasteiger partial charge in [-0.2, -0.15) is 0 Å². The molecule has 1 saturated carbocycles. The molecule has 1 aliphatic carbocycles. The van der Waals surface area contributed by atoms with E-state index in [0.717, 1.165) is 24.0 Å². The fraction of sp³-hybridized carbons (Fsp3) is 0.304. The van der Waals surface area contributed by atoms with Gasteiger partial charge in [-0.25, -0.2) is 4.98 Å². The zero-order chi connectivity index (χ0) is 21.3. The van der Waals surface area contributed by atoms with E-state index >= 15 is 0 Å². The molecule has 1 aliphatic rings. The Morgan fingerprint density at radius 1 is 1.17 bits per heavy atom. The first-order valence-electron chi connectivity index (χ1n) is 10.0. The summed E-state index contributed by atoms with van der Waals surface area (Å²) in [6.07, 6.45) is 3.52. The lowest BCUT2D eigenvalue weighted by Gasteiger charge is -2.18. The van der Waals surface area contributed by atoms with Crippen LogP contribution in [0.5, 0.6) is 0 Å². The summed E-state index contributed by atoms with van der Waals surface area (Å²) in [7, 11) is 1.69. The topological polar surface area (TPSA) is 84.3 Å². The van der Waals surface area contributed by atoms with Crippen molar-refractivity contribution in [1.29, 1.82) is 0 Å². The zero-order valence-corrected chi connectivity index (χ0v) is 17.1. The molecule has 0 unspecified atom stereocenters. The molecule has 30 heavy (non-hydrogen) atoms. The number of carbonyl (C=O) groups excluding carboxylic acids is 2. The molecule has 0 bridgehead atoms. The number of fused-ring (bicyclic) bond motifs is 1. The van der Waals surface area contributed by atoms with Crippen molar-refractivity contribution < 1.29 is 9.59 Å². The number of rotatable bonds is 6. The lowest BCUT2D eigenvalue weighted by Crippen LogP contribution is -2.33. The number of aromatic nitrogens is 2. The second-order valence-electron chi connectivity index (χ2n) is 7.84. The quantitative estimate of drug-likeness (QED) is 0.683. The standard InChI is InChI=1S/C23H24N4O3/c1-15-4-3-5-19-21(15)24-14-27(23(19)30)13-20(28)26(2)12-16-6-8-17(9-7-16)22(29)25-18-10-11-18/h3-9,14,18H,10-13H2,1-2H3,(H,25,29). The van der Waals surface area contributed by atoms with Crippen molar-refractivity contribution in [3.05, 3.63) is 75.8 Å². The Morgan fingerprint density at radius 3 is 2.60 bits per heavy atom. The van der Waals surface area contributed by atoms with Crippen LogP contribution < -0.4 is 10.9 Å². The summed E-state index contributed by atoms with van der Waals surface area (Å²) < 4.78 is 1.34. The third-order valence-electron chi connectivity index (χ3n) is 5.34. The van der Waals surface area contributed by atoms with Gasteiger partial charge in [-0.15, -0.1) is 0 Å². The Balaban J connectivity index is 1.41. The van der Waals surface area contributed by atoms with Crippen molar-refractivity contribution >= 4 is 22.7 Å². The van der Waals surface area contributed by atoms with Gasteiger partial charge in [0.15, 0.2) is 0 Å². The highest BCUT2D eigenvalue weighted by Gasteiger charge is 2.23. The number of hydrogen-bond donors (Lipinski definition) is 1. The largest absolute Gasteiger partial charge is 0.349 e. The minimum atomic E-state index is -0.225. The molecule has 0 atom stereocenters. The van der Waals surface area contributed by atoms with Crippen molar-refractivity contribution in [1.82, 2.24) is 19.8 Å². The van der Waals surface area contributed by atoms with Gasteiger partial charge in [-0.05, 0) is 49.1 Å². The molecule has 0 radical (unpaired) electrons. The molecule has 154 valence electrons. The summed E-state index contributed by atoms with van der Waals surface area (Å²) >= 11 is 0. The van der Waals surface area contributed by atoms with Crippen LogP contribution in [-0.2, 0) is 17.9 Å². The number of para-hydroxylation sites is 1. The lowest BCUT2D eigenvalue weighted by molar-refractivity contribution is -0.131. The van der Waals surface area contributed by atoms with Crippen molar-refractivity contribution in [2.45, 2.75) is 38.9 Å². The second kappa shape index (κ2) is 8.10. The van der Waals surface area contributed by atoms with E-state index in [1.807, 2.05) is 31.2 Å². The maximum atomic E-state index is 12.7. The van der Waals surface area contributed by atoms with Crippen LogP contribution in [0.15, 0.2) is 53.6 Å². The second-order valence-corrected chi connectivity index (χ2v) is 7.84. The van der Waals surface area contributed by atoms with E-state index in [1.165, 1.54) is 10.9 Å². The van der Waals surface area contributed by atoms with Gasteiger partial charge in [-0.3, -0.25) is 19.0 Å². The maximum absolute atomic E-state index is 12.7. The van der Waals surface area contributed by atoms with Crippen LogP contribution in [0.1, 0.15) is 34.3 Å². The molecule has 3 aromatic rings. The van der Waals surface area contributed by atoms with Crippen molar-refractivity contribution in [2.24, 2.45) is 0 Å². The van der Waals surface area contributed by atoms with Gasteiger partial charge in [0, 0.05) is 25.2 Å². The van der Waals surface area contributed by atoms with Gasteiger partial charge in [0.1, 0.15) is 6.54 Å². The summed E-state index contributed by atoms with van der Waals surface area (Å²) in [6, 6.07) is 13.0. The highest BCUT2D eigenvalue weighted by molar-refractivity contribution is 5.94. The van der Waals surface area contributed by atoms with E-state index in [9.17, 15) is 14.4 Å². The van der Waals surface area contributed by atoms with Gasteiger partial charge in [0.05, 0.1) is 17.2 Å². The van der Waals surface area contributed by atoms with Gasteiger partial charge in [0.25, 0.3) is 11.5 Å². The normalized spacial score (nSPS) is 13.3. The molecule has 1 N–H and O–H groups in total. The Bertz CT molecular complexity index is 1160. The fourth-order valence-electron chi connectivity index (χ4n) is 3.34. The molecule has 1 fully saturated rings. The Morgan fingerprint density at radius 2 is 1.90 bits per heavy atom. The number of likely N-dealkylation sites (N-methyl/N-ethyl adjacent to an activating group) is 1. The number of nitrogens with one attached hydrogen (secondary N) is 1. The monoisotopic (exact) mass is 404 g/mol. The summed E-state index contributed by atoms with van der Waals surface area (Å²) in [5, 5.41) is 3.46. The summed E-state index contributed by atoms with van der Waals surface area (Å²) in [6.45, 7) is 2.21. The molecule has 2 amide bonds. The molecule has 7 heteroatoms. The molecule has 1 heterocycles. The van der Waals surface area contributed by atoms with E-state index in [2.05, 4.69) is 10.3 Å². The predicted molar refractivity (Wildman–Crippen MR) is 114 cm³/mol. The molecular formula is C23H24N4O3. The molecule has 0 aliphatic heterocycles. The summed E-state index contributed by atoms with van der Waals surface area (Å²) in [5.41, 5.74) is 2.88. The SMILES string of the molecule is Cc1cccc2c(=O)n(CC(=O)N(C)Cc3ccc(C(=O)NC4CC4)cc3)cnc12. The first-order chi connectivity index (χ1) is 14.4. The van der Waals surface area contributed by atoms with Gasteiger partial charge in [-0.1, -0.05) is 24.3 Å². The van der Waals surface area contributed by atoms with E-state index in [0.29, 0.717) is 29.1 Å². The maximum Gasteiger partial charge on any atom is 0.261 e. The van der Waals surface area contributed by atoms with E-state index in [-0.39, 0.29) is 23.9 Å². The third-order valence-corrected chi connectivity index (χ3v) is 5.34. The minimum Gasteiger partial charge on any atom is -0.349 e. The highest BCUT2D eigenvalue weighted by Crippen LogP contribution is 2.19. The van der Waals surface area contributed by atoms with Crippen LogP contribution >= 0.6 is 0 Å². The van der Waals surface area contributed by atoms with Crippen LogP contribution in [0.25, 0.3) is 10.9 Å². The van der Waals surface area contributed by atoms with Gasteiger partial charge in [0.2, 0.25) is 5.91 Å². The third kappa shape index (κ3) is 4.25. The lowest BCUT2D eigenvalue weighted by atomic mass is 10.1. The Labute approximate surface area is 174 Å². The van der Waals surface area contributed by atoms with E-state index in [1.54, 1.807) is 30.1 Å². The molecular weight excluding hydrogens is 380 g/mol. The zero-order valence-electron chi connectivity index (χ0n) is 17.1. The molecule has 7 nitrogen and oxygen atoms in total. The summed E-state index contributed by atoms with van der Waals surface area (Å²) in [5.74, 6) is -0.256. The highest BCUT2D eigenvalue weighted by atomic mass is 16.2. The van der Waals surface area contributed by atoms with Crippen molar-refractivity contribution in [2.75, 3.05) is 7.05 Å². The van der Waals surface area contributed by atoms with Crippen LogP contribution in [0.3, 0.4) is 0 Å². The molecule has 4 rings (SSSR count). The molecule has 0 spiro atoms. The molecule has 1 aromatic heterocycles. The predicted octanol–water partition coefficient (Wildman–Crippen LogP) is 2.26. The number of hydrogen-bond acceptors (Lipinski definition) is 4. The van der Waals surface area contributed by atoms with Gasteiger partial charge >= 0.3 is 0 Å². The van der Waals surface area contributed by atoms with E-state index < -0.39 is 0 Å². The smallest absolute Gasteiger partial charge is 0.261 e. The number of aryl methyl sites for hydroxylation is 1. The van der Waals surface area contributed by atoms with Crippen LogP contribution in [0.4, 0.5) is 0 Å².